The van der Waals surface area contributed by atoms with E-state index in [1.807, 2.05) is 12.1 Å². The van der Waals surface area contributed by atoms with Crippen LogP contribution in [0.4, 0.5) is 0 Å². The van der Waals surface area contributed by atoms with Gasteiger partial charge in [0.05, 0.1) is 6.26 Å². The number of phenols is 1. The van der Waals surface area contributed by atoms with Crippen LogP contribution in [0.3, 0.4) is 0 Å². The van der Waals surface area contributed by atoms with Gasteiger partial charge in [0.2, 0.25) is 0 Å². The normalized spacial score (nSPS) is 27.7. The van der Waals surface area contributed by atoms with Gasteiger partial charge in [-0.25, -0.2) is 0 Å². The van der Waals surface area contributed by atoms with Gasteiger partial charge in [-0.2, -0.15) is 8.42 Å². The number of fused-ring (bicyclic) bond motifs is 4. The van der Waals surface area contributed by atoms with Crippen LogP contribution in [-0.4, -0.2) is 54.7 Å². The standard InChI is InChI=1S/C23H35NO2.CH4O3S/c1-5-6-7-8-18(25)11-12-23(3)21-15-17-9-10-19(26)16-20(17)22(23,2)13-14-24(21)4;1-5(2,3)4/h9-10,16,21,26H,5-8,11-15H2,1-4H3;1H3,(H,2,3,4)/t21?,22-,23-;/m1./s1. The maximum absolute atomic E-state index is 12.5. The molecule has 3 atom stereocenters. The van der Waals surface area contributed by atoms with Gasteiger partial charge in [-0.05, 0) is 68.0 Å². The molecule has 1 aromatic carbocycles. The molecule has 7 heteroatoms. The maximum Gasteiger partial charge on any atom is 0.261 e. The molecule has 1 heterocycles. The Morgan fingerprint density at radius 1 is 1.23 bits per heavy atom. The predicted octanol–water partition coefficient (Wildman–Crippen LogP) is 4.35. The Morgan fingerprint density at radius 2 is 1.87 bits per heavy atom. The minimum atomic E-state index is -3.67. The second-order valence-corrected chi connectivity index (χ2v) is 11.2. The summed E-state index contributed by atoms with van der Waals surface area (Å²) < 4.78 is 25.9. The van der Waals surface area contributed by atoms with Crippen molar-refractivity contribution in [1.29, 1.82) is 0 Å². The summed E-state index contributed by atoms with van der Waals surface area (Å²) in [5, 5.41) is 10.1. The highest BCUT2D eigenvalue weighted by atomic mass is 32.2. The molecule has 6 nitrogen and oxygen atoms in total. The van der Waals surface area contributed by atoms with E-state index in [9.17, 15) is 18.3 Å². The summed E-state index contributed by atoms with van der Waals surface area (Å²) in [5.74, 6) is 0.783. The number of likely N-dealkylation sites (N-methyl/N-ethyl adjacent to an activating group) is 1. The number of unbranched alkanes of at least 4 members (excludes halogenated alkanes) is 2. The minimum Gasteiger partial charge on any atom is -0.508 e. The molecular weight excluding hydrogens is 414 g/mol. The van der Waals surface area contributed by atoms with E-state index >= 15 is 0 Å². The second kappa shape index (κ2) is 10.0. The summed E-state index contributed by atoms with van der Waals surface area (Å²) in [6.45, 7) is 8.01. The fourth-order valence-corrected chi connectivity index (χ4v) is 5.52. The van der Waals surface area contributed by atoms with Crippen molar-refractivity contribution in [2.45, 2.75) is 83.6 Å². The van der Waals surface area contributed by atoms with Crippen LogP contribution in [0.2, 0.25) is 0 Å². The fraction of sp³-hybridized carbons (Fsp3) is 0.708. The summed E-state index contributed by atoms with van der Waals surface area (Å²) >= 11 is 0. The van der Waals surface area contributed by atoms with E-state index in [2.05, 4.69) is 38.8 Å². The molecule has 1 unspecified atom stereocenters. The van der Waals surface area contributed by atoms with Crippen LogP contribution in [-0.2, 0) is 26.7 Å². The minimum absolute atomic E-state index is 0.0141. The molecule has 1 fully saturated rings. The quantitative estimate of drug-likeness (QED) is 0.471. The number of carbonyl (C=O) groups excluding carboxylic acids is 1. The number of ketones is 1. The van der Waals surface area contributed by atoms with E-state index < -0.39 is 10.1 Å². The third kappa shape index (κ3) is 6.08. The Labute approximate surface area is 187 Å². The smallest absolute Gasteiger partial charge is 0.261 e. The van der Waals surface area contributed by atoms with Crippen molar-refractivity contribution in [2.75, 3.05) is 19.8 Å². The molecule has 0 radical (unpaired) electrons. The monoisotopic (exact) mass is 453 g/mol. The number of likely N-dealkylation sites (tertiary alicyclic amines) is 1. The van der Waals surface area contributed by atoms with Gasteiger partial charge in [0.1, 0.15) is 11.5 Å². The van der Waals surface area contributed by atoms with Crippen LogP contribution < -0.4 is 0 Å². The molecule has 1 aliphatic carbocycles. The van der Waals surface area contributed by atoms with Gasteiger partial charge >= 0.3 is 0 Å². The Balaban J connectivity index is 0.000000614. The van der Waals surface area contributed by atoms with Crippen molar-refractivity contribution in [1.82, 2.24) is 4.90 Å². The first-order chi connectivity index (χ1) is 14.3. The van der Waals surface area contributed by atoms with E-state index in [-0.39, 0.29) is 10.8 Å². The average molecular weight is 454 g/mol. The number of benzene rings is 1. The van der Waals surface area contributed by atoms with Gasteiger partial charge in [-0.15, -0.1) is 0 Å². The second-order valence-electron chi connectivity index (χ2n) is 9.77. The Morgan fingerprint density at radius 3 is 2.48 bits per heavy atom. The lowest BCUT2D eigenvalue weighted by atomic mass is 9.49. The first kappa shape index (κ1) is 25.8. The van der Waals surface area contributed by atoms with Gasteiger partial charge < -0.3 is 10.0 Å². The van der Waals surface area contributed by atoms with E-state index in [1.54, 1.807) is 0 Å². The first-order valence-corrected chi connectivity index (χ1v) is 13.1. The third-order valence-electron chi connectivity index (χ3n) is 7.58. The van der Waals surface area contributed by atoms with Crippen molar-refractivity contribution in [3.63, 3.8) is 0 Å². The number of piperidine rings is 1. The van der Waals surface area contributed by atoms with Crippen LogP contribution in [0.5, 0.6) is 5.75 Å². The number of phenolic OH excluding ortho intramolecular Hbond substituents is 1. The zero-order chi connectivity index (χ0) is 23.4. The van der Waals surface area contributed by atoms with Crippen molar-refractivity contribution in [3.05, 3.63) is 29.3 Å². The lowest BCUT2D eigenvalue weighted by molar-refractivity contribution is -0.121. The summed E-state index contributed by atoms with van der Waals surface area (Å²) in [6.07, 6.45) is 8.52. The zero-order valence-electron chi connectivity index (χ0n) is 19.6. The predicted molar refractivity (Wildman–Crippen MR) is 124 cm³/mol. The third-order valence-corrected chi connectivity index (χ3v) is 7.58. The number of Topliss-reactive ketones (excluding diaryl/α,β-unsaturated/α-hetero) is 1. The molecular formula is C24H39NO5S. The summed E-state index contributed by atoms with van der Waals surface area (Å²) in [5.41, 5.74) is 2.75. The number of aromatic hydroxyl groups is 1. The van der Waals surface area contributed by atoms with Gasteiger partial charge in [0, 0.05) is 24.3 Å². The van der Waals surface area contributed by atoms with Crippen LogP contribution in [0.1, 0.15) is 76.8 Å². The van der Waals surface area contributed by atoms with Crippen molar-refractivity contribution < 1.29 is 22.9 Å². The number of hydrogen-bond acceptors (Lipinski definition) is 5. The molecule has 31 heavy (non-hydrogen) atoms. The number of nitrogens with zero attached hydrogens (tertiary/aromatic N) is 1. The van der Waals surface area contributed by atoms with Gasteiger partial charge in [-0.3, -0.25) is 9.35 Å². The van der Waals surface area contributed by atoms with Gasteiger partial charge in [0.15, 0.2) is 0 Å². The van der Waals surface area contributed by atoms with E-state index in [4.69, 9.17) is 4.55 Å². The van der Waals surface area contributed by atoms with E-state index in [1.165, 1.54) is 11.1 Å². The molecule has 3 rings (SSSR count). The highest BCUT2D eigenvalue weighted by Crippen LogP contribution is 2.58. The van der Waals surface area contributed by atoms with Crippen LogP contribution >= 0.6 is 0 Å². The average Bonchev–Trinajstić information content (AvgIpc) is 2.66. The van der Waals surface area contributed by atoms with Crippen molar-refractivity contribution in [2.24, 2.45) is 5.41 Å². The van der Waals surface area contributed by atoms with Crippen LogP contribution in [0, 0.1) is 5.41 Å². The number of hydrogen-bond donors (Lipinski definition) is 2. The number of carbonyl (C=O) groups is 1. The topological polar surface area (TPSA) is 94.9 Å². The number of rotatable bonds is 7. The fourth-order valence-electron chi connectivity index (χ4n) is 5.52. The molecule has 2 bridgehead atoms. The van der Waals surface area contributed by atoms with Gasteiger partial charge in [0.25, 0.3) is 10.1 Å². The SMILES string of the molecule is CCCCCC(=O)CC[C@]1(C)C2Cc3ccc(O)cc3[C@@]1(C)CCN2C.CS(=O)(=O)O. The Bertz CT molecular complexity index is 876. The molecule has 0 aromatic heterocycles. The maximum atomic E-state index is 12.5. The largest absolute Gasteiger partial charge is 0.508 e. The molecule has 1 saturated heterocycles. The van der Waals surface area contributed by atoms with E-state index in [0.717, 1.165) is 51.5 Å². The van der Waals surface area contributed by atoms with Crippen molar-refractivity contribution >= 4 is 15.9 Å². The summed E-state index contributed by atoms with van der Waals surface area (Å²) in [6, 6.07) is 6.36. The highest BCUT2D eigenvalue weighted by Gasteiger charge is 2.57. The molecule has 1 aromatic rings. The lowest BCUT2D eigenvalue weighted by Gasteiger charge is -2.62. The van der Waals surface area contributed by atoms with Gasteiger partial charge in [-0.1, -0.05) is 39.7 Å². The molecule has 2 aliphatic rings. The lowest BCUT2D eigenvalue weighted by Crippen LogP contribution is -2.64. The zero-order valence-corrected chi connectivity index (χ0v) is 20.5. The molecule has 1 aliphatic heterocycles. The summed E-state index contributed by atoms with van der Waals surface area (Å²) in [4.78, 5) is 15.0. The Hall–Kier alpha value is -1.44. The molecule has 0 saturated carbocycles. The molecule has 176 valence electrons. The highest BCUT2D eigenvalue weighted by molar-refractivity contribution is 7.85. The Kier molecular flexibility index (Phi) is 8.33. The van der Waals surface area contributed by atoms with Crippen molar-refractivity contribution in [3.8, 4) is 5.75 Å². The summed E-state index contributed by atoms with van der Waals surface area (Å²) in [7, 11) is -1.43. The molecule has 0 amide bonds. The molecule has 0 spiro atoms. The van der Waals surface area contributed by atoms with Crippen LogP contribution in [0.25, 0.3) is 0 Å². The van der Waals surface area contributed by atoms with E-state index in [0.29, 0.717) is 30.3 Å². The first-order valence-electron chi connectivity index (χ1n) is 11.3. The molecule has 2 N–H and O–H groups in total. The van der Waals surface area contributed by atoms with Crippen LogP contribution in [0.15, 0.2) is 18.2 Å².